The molecule has 4 rings (SSSR count). The van der Waals surface area contributed by atoms with E-state index in [1.165, 1.54) is 6.07 Å². The summed E-state index contributed by atoms with van der Waals surface area (Å²) in [7, 11) is 0. The second kappa shape index (κ2) is 7.94. The number of rotatable bonds is 5. The summed E-state index contributed by atoms with van der Waals surface area (Å²) in [5.41, 5.74) is 3.27. The molecule has 4 aromatic rings. The monoisotopic (exact) mass is 401 g/mol. The number of aryl methyl sites for hydroxylation is 1. The van der Waals surface area contributed by atoms with Gasteiger partial charge in [0.1, 0.15) is 11.4 Å². The average molecular weight is 401 g/mol. The van der Waals surface area contributed by atoms with Crippen LogP contribution < -0.4 is 10.9 Å². The van der Waals surface area contributed by atoms with Crippen molar-refractivity contribution in [3.05, 3.63) is 82.0 Å². The maximum atomic E-state index is 13.0. The number of H-pyrrole nitrogens is 2. The number of pyridine rings is 1. The van der Waals surface area contributed by atoms with Crippen LogP contribution in [0.15, 0.2) is 59.5 Å². The topological polar surface area (TPSA) is 104 Å². The molecule has 0 aliphatic carbocycles. The van der Waals surface area contributed by atoms with Crippen molar-refractivity contribution in [1.29, 1.82) is 0 Å². The molecule has 1 amide bonds. The maximum Gasteiger partial charge on any atom is 0.268 e. The second-order valence-electron chi connectivity index (χ2n) is 7.70. The van der Waals surface area contributed by atoms with Gasteiger partial charge >= 0.3 is 0 Å². The van der Waals surface area contributed by atoms with Crippen LogP contribution in [0.2, 0.25) is 0 Å². The summed E-state index contributed by atoms with van der Waals surface area (Å²) in [6.45, 7) is 5.96. The molecule has 0 saturated heterocycles. The van der Waals surface area contributed by atoms with E-state index < -0.39 is 6.04 Å². The fourth-order valence-corrected chi connectivity index (χ4v) is 3.42. The van der Waals surface area contributed by atoms with E-state index in [0.717, 1.165) is 16.5 Å². The zero-order valence-corrected chi connectivity index (χ0v) is 17.1. The number of fused-ring (bicyclic) bond motifs is 1. The molecule has 0 fully saturated rings. The molecule has 3 aromatic heterocycles. The minimum absolute atomic E-state index is 0.0199. The Balaban J connectivity index is 1.66. The summed E-state index contributed by atoms with van der Waals surface area (Å²) >= 11 is 0. The van der Waals surface area contributed by atoms with Crippen molar-refractivity contribution in [2.75, 3.05) is 0 Å². The lowest BCUT2D eigenvalue weighted by atomic mass is 10.00. The van der Waals surface area contributed by atoms with E-state index in [4.69, 9.17) is 0 Å². The lowest BCUT2D eigenvalue weighted by Gasteiger charge is -2.22. The number of aromatic amines is 2. The quantitative estimate of drug-likeness (QED) is 0.474. The van der Waals surface area contributed by atoms with E-state index in [9.17, 15) is 9.59 Å². The molecule has 0 bridgehead atoms. The molecule has 0 radical (unpaired) electrons. The number of benzene rings is 1. The van der Waals surface area contributed by atoms with Crippen molar-refractivity contribution in [2.45, 2.75) is 26.8 Å². The second-order valence-corrected chi connectivity index (χ2v) is 7.70. The molecule has 0 spiro atoms. The largest absolute Gasteiger partial charge is 0.351 e. The van der Waals surface area contributed by atoms with E-state index in [-0.39, 0.29) is 17.4 Å². The molecule has 1 aromatic carbocycles. The van der Waals surface area contributed by atoms with E-state index in [1.54, 1.807) is 18.3 Å². The maximum absolute atomic E-state index is 13.0. The minimum atomic E-state index is -0.435. The first-order valence-electron chi connectivity index (χ1n) is 9.83. The van der Waals surface area contributed by atoms with Crippen LogP contribution in [0.25, 0.3) is 22.4 Å². The van der Waals surface area contributed by atoms with E-state index in [1.807, 2.05) is 51.1 Å². The highest BCUT2D eigenvalue weighted by Gasteiger charge is 2.23. The summed E-state index contributed by atoms with van der Waals surface area (Å²) in [4.78, 5) is 40.0. The Morgan fingerprint density at radius 3 is 2.63 bits per heavy atom. The van der Waals surface area contributed by atoms with E-state index in [0.29, 0.717) is 22.9 Å². The smallest absolute Gasteiger partial charge is 0.268 e. The number of hydrogen-bond acceptors (Lipinski definition) is 4. The first kappa shape index (κ1) is 19.6. The highest BCUT2D eigenvalue weighted by molar-refractivity contribution is 5.98. The van der Waals surface area contributed by atoms with Crippen LogP contribution in [0, 0.1) is 12.8 Å². The summed E-state index contributed by atoms with van der Waals surface area (Å²) in [6.07, 6.45) is 1.64. The molecular weight excluding hydrogens is 378 g/mol. The molecule has 0 saturated carbocycles. The minimum Gasteiger partial charge on any atom is -0.351 e. The first-order valence-corrected chi connectivity index (χ1v) is 9.83. The molecule has 152 valence electrons. The van der Waals surface area contributed by atoms with Gasteiger partial charge in [0.15, 0.2) is 5.82 Å². The SMILES string of the molecule is Cc1ccc2cc(C(=O)N[C@H](c3cc(=O)[nH]c(-c4ccccn4)n3)C(C)C)[nH]c2c1. The van der Waals surface area contributed by atoms with Gasteiger partial charge in [-0.25, -0.2) is 4.98 Å². The molecule has 3 heterocycles. The van der Waals surface area contributed by atoms with Crippen molar-refractivity contribution in [3.63, 3.8) is 0 Å². The number of amides is 1. The van der Waals surface area contributed by atoms with Crippen molar-refractivity contribution in [3.8, 4) is 11.5 Å². The van der Waals surface area contributed by atoms with Gasteiger partial charge in [-0.05, 0) is 42.7 Å². The van der Waals surface area contributed by atoms with Crippen molar-refractivity contribution in [2.24, 2.45) is 5.92 Å². The normalized spacial score (nSPS) is 12.3. The summed E-state index contributed by atoms with van der Waals surface area (Å²) in [5, 5.41) is 4.00. The molecule has 1 atom stereocenters. The number of nitrogens with zero attached hydrogens (tertiary/aromatic N) is 2. The Labute approximate surface area is 173 Å². The number of carbonyl (C=O) groups is 1. The van der Waals surface area contributed by atoms with Gasteiger partial charge in [0, 0.05) is 23.2 Å². The van der Waals surface area contributed by atoms with Gasteiger partial charge < -0.3 is 15.3 Å². The lowest BCUT2D eigenvalue weighted by molar-refractivity contribution is 0.0920. The summed E-state index contributed by atoms with van der Waals surface area (Å²) in [6, 6.07) is 14.2. The zero-order valence-electron chi connectivity index (χ0n) is 17.1. The van der Waals surface area contributed by atoms with Crippen molar-refractivity contribution in [1.82, 2.24) is 25.3 Å². The van der Waals surface area contributed by atoms with Gasteiger partial charge in [0.05, 0.1) is 11.7 Å². The third kappa shape index (κ3) is 4.00. The fraction of sp³-hybridized carbons (Fsp3) is 0.217. The first-order chi connectivity index (χ1) is 14.4. The molecule has 0 aliphatic heterocycles. The Hall–Kier alpha value is -3.74. The fourth-order valence-electron chi connectivity index (χ4n) is 3.42. The highest BCUT2D eigenvalue weighted by atomic mass is 16.2. The van der Waals surface area contributed by atoms with Crippen LogP contribution in [0.1, 0.15) is 41.6 Å². The van der Waals surface area contributed by atoms with Crippen molar-refractivity contribution >= 4 is 16.8 Å². The average Bonchev–Trinajstić information content (AvgIpc) is 3.15. The lowest BCUT2D eigenvalue weighted by Crippen LogP contribution is -2.33. The third-order valence-electron chi connectivity index (χ3n) is 4.96. The Morgan fingerprint density at radius 1 is 1.07 bits per heavy atom. The van der Waals surface area contributed by atoms with Crippen LogP contribution in [0.5, 0.6) is 0 Å². The highest BCUT2D eigenvalue weighted by Crippen LogP contribution is 2.22. The predicted octanol–water partition coefficient (Wildman–Crippen LogP) is 3.75. The molecule has 30 heavy (non-hydrogen) atoms. The number of hydrogen-bond donors (Lipinski definition) is 3. The van der Waals surface area contributed by atoms with E-state index in [2.05, 4.69) is 25.3 Å². The molecule has 7 heteroatoms. The third-order valence-corrected chi connectivity index (χ3v) is 4.96. The Morgan fingerprint density at radius 2 is 1.90 bits per heavy atom. The van der Waals surface area contributed by atoms with Gasteiger partial charge in [-0.3, -0.25) is 14.6 Å². The summed E-state index contributed by atoms with van der Waals surface area (Å²) in [5.74, 6) is 0.148. The van der Waals surface area contributed by atoms with Crippen LogP contribution in [-0.2, 0) is 0 Å². The predicted molar refractivity (Wildman–Crippen MR) is 116 cm³/mol. The van der Waals surface area contributed by atoms with Gasteiger partial charge in [0.2, 0.25) is 0 Å². The van der Waals surface area contributed by atoms with Gasteiger partial charge in [-0.15, -0.1) is 0 Å². The van der Waals surface area contributed by atoms with E-state index >= 15 is 0 Å². The molecule has 3 N–H and O–H groups in total. The molecular formula is C23H23N5O2. The van der Waals surface area contributed by atoms with Crippen molar-refractivity contribution < 1.29 is 4.79 Å². The van der Waals surface area contributed by atoms with Gasteiger partial charge in [-0.1, -0.05) is 32.0 Å². The Bertz CT molecular complexity index is 1260. The Kier molecular flexibility index (Phi) is 5.18. The van der Waals surface area contributed by atoms with Crippen LogP contribution in [0.4, 0.5) is 0 Å². The molecule has 7 nitrogen and oxygen atoms in total. The number of aromatic nitrogens is 4. The van der Waals surface area contributed by atoms with Crippen LogP contribution >= 0.6 is 0 Å². The summed E-state index contributed by atoms with van der Waals surface area (Å²) < 4.78 is 0. The molecule has 0 unspecified atom stereocenters. The number of carbonyl (C=O) groups excluding carboxylic acids is 1. The number of nitrogens with one attached hydrogen (secondary N) is 3. The zero-order chi connectivity index (χ0) is 21.3. The molecule has 0 aliphatic rings. The van der Waals surface area contributed by atoms with Crippen LogP contribution in [-0.4, -0.2) is 25.8 Å². The van der Waals surface area contributed by atoms with Crippen LogP contribution in [0.3, 0.4) is 0 Å². The van der Waals surface area contributed by atoms with Gasteiger partial charge in [-0.2, -0.15) is 0 Å². The standard InChI is InChI=1S/C23H23N5O2/c1-13(2)21(18-12-20(29)27-22(26-18)16-6-4-5-9-24-16)28-23(30)19-11-15-8-7-14(3)10-17(15)25-19/h4-13,21,25H,1-3H3,(H,28,30)(H,26,27,29)/t21-/m0/s1. The van der Waals surface area contributed by atoms with Gasteiger partial charge in [0.25, 0.3) is 11.5 Å².